The van der Waals surface area contributed by atoms with Gasteiger partial charge in [0, 0.05) is 13.6 Å². The Bertz CT molecular complexity index is 126. The van der Waals surface area contributed by atoms with Crippen molar-refractivity contribution in [2.24, 2.45) is 4.99 Å². The average molecular weight is 111 g/mol. The predicted octanol–water partition coefficient (Wildman–Crippen LogP) is -0.321. The van der Waals surface area contributed by atoms with E-state index in [2.05, 4.69) is 15.6 Å². The van der Waals surface area contributed by atoms with E-state index in [9.17, 15) is 0 Å². The van der Waals surface area contributed by atoms with Gasteiger partial charge in [-0.3, -0.25) is 0 Å². The lowest BCUT2D eigenvalue weighted by Gasteiger charge is -2.04. The minimum atomic E-state index is 0.875. The maximum atomic E-state index is 3.96. The second-order valence-corrected chi connectivity index (χ2v) is 1.51. The van der Waals surface area contributed by atoms with Crippen LogP contribution in [0.1, 0.15) is 0 Å². The van der Waals surface area contributed by atoms with Gasteiger partial charge in [0.1, 0.15) is 5.82 Å². The highest BCUT2D eigenvalue weighted by molar-refractivity contribution is 5.57. The maximum absolute atomic E-state index is 3.96. The summed E-state index contributed by atoms with van der Waals surface area (Å²) in [5.41, 5.74) is 0. The zero-order chi connectivity index (χ0) is 5.82. The second kappa shape index (κ2) is 2.35. The van der Waals surface area contributed by atoms with Crippen molar-refractivity contribution in [2.75, 3.05) is 13.6 Å². The number of aliphatic imine (C=N–C) groups is 1. The third-order valence-corrected chi connectivity index (χ3v) is 0.964. The molecule has 3 nitrogen and oxygen atoms in total. The number of rotatable bonds is 1. The van der Waals surface area contributed by atoms with Crippen LogP contribution < -0.4 is 10.6 Å². The van der Waals surface area contributed by atoms with E-state index < -0.39 is 0 Å². The summed E-state index contributed by atoms with van der Waals surface area (Å²) in [5.74, 6) is 0.934. The molecule has 2 N–H and O–H groups in total. The molecule has 0 bridgehead atoms. The van der Waals surface area contributed by atoms with Crippen molar-refractivity contribution in [1.29, 1.82) is 0 Å². The van der Waals surface area contributed by atoms with E-state index in [1.165, 1.54) is 0 Å². The molecular weight excluding hydrogens is 102 g/mol. The molecule has 0 radical (unpaired) electrons. The number of nitrogens with zero attached hydrogens (tertiary/aromatic N) is 1. The standard InChI is InChI=1S/C5H9N3/c1-6-5-2-3-7-4-8-5/h2,4,6H,3H2,1H3,(H,7,8). The van der Waals surface area contributed by atoms with Gasteiger partial charge in [-0.15, -0.1) is 0 Å². The van der Waals surface area contributed by atoms with Crippen LogP contribution in [0.4, 0.5) is 0 Å². The summed E-state index contributed by atoms with van der Waals surface area (Å²) in [5, 5.41) is 5.87. The van der Waals surface area contributed by atoms with Crippen molar-refractivity contribution in [3.8, 4) is 0 Å². The Morgan fingerprint density at radius 1 is 1.88 bits per heavy atom. The quantitative estimate of drug-likeness (QED) is 0.486. The predicted molar refractivity (Wildman–Crippen MR) is 33.6 cm³/mol. The van der Waals surface area contributed by atoms with Gasteiger partial charge in [0.25, 0.3) is 0 Å². The normalized spacial score (nSPS) is 16.9. The summed E-state index contributed by atoms with van der Waals surface area (Å²) in [6.45, 7) is 0.875. The van der Waals surface area contributed by atoms with Crippen molar-refractivity contribution in [1.82, 2.24) is 10.6 Å². The number of nitrogens with one attached hydrogen (secondary N) is 2. The average Bonchev–Trinajstić information content (AvgIpc) is 1.90. The highest BCUT2D eigenvalue weighted by Crippen LogP contribution is 1.89. The van der Waals surface area contributed by atoms with E-state index in [-0.39, 0.29) is 0 Å². The molecule has 0 aromatic rings. The van der Waals surface area contributed by atoms with Crippen LogP contribution in [0.5, 0.6) is 0 Å². The van der Waals surface area contributed by atoms with Gasteiger partial charge in [0.05, 0.1) is 6.34 Å². The first-order valence-corrected chi connectivity index (χ1v) is 2.57. The summed E-state index contributed by atoms with van der Waals surface area (Å²) in [6, 6.07) is 0. The van der Waals surface area contributed by atoms with Gasteiger partial charge in [0.15, 0.2) is 0 Å². The molecule has 0 amide bonds. The second-order valence-electron chi connectivity index (χ2n) is 1.51. The monoisotopic (exact) mass is 111 g/mol. The van der Waals surface area contributed by atoms with E-state index >= 15 is 0 Å². The van der Waals surface area contributed by atoms with E-state index in [0.717, 1.165) is 12.4 Å². The summed E-state index contributed by atoms with van der Waals surface area (Å²) >= 11 is 0. The van der Waals surface area contributed by atoms with E-state index in [0.29, 0.717) is 0 Å². The van der Waals surface area contributed by atoms with Crippen LogP contribution in [0.25, 0.3) is 0 Å². The molecule has 1 heterocycles. The fourth-order valence-electron chi connectivity index (χ4n) is 0.543. The van der Waals surface area contributed by atoms with Crippen LogP contribution in [0, 0.1) is 0 Å². The Kier molecular flexibility index (Phi) is 1.51. The summed E-state index contributed by atoms with van der Waals surface area (Å²) in [4.78, 5) is 3.96. The Balaban J connectivity index is 2.51. The molecule has 0 saturated carbocycles. The maximum Gasteiger partial charge on any atom is 0.125 e. The molecule has 0 aliphatic carbocycles. The Morgan fingerprint density at radius 2 is 2.75 bits per heavy atom. The first kappa shape index (κ1) is 5.15. The first-order valence-electron chi connectivity index (χ1n) is 2.57. The van der Waals surface area contributed by atoms with Gasteiger partial charge in [0.2, 0.25) is 0 Å². The summed E-state index contributed by atoms with van der Waals surface area (Å²) in [6.07, 6.45) is 3.67. The van der Waals surface area contributed by atoms with Crippen LogP contribution in [0.2, 0.25) is 0 Å². The lowest BCUT2D eigenvalue weighted by atomic mass is 10.5. The van der Waals surface area contributed by atoms with E-state index in [1.54, 1.807) is 6.34 Å². The van der Waals surface area contributed by atoms with Crippen LogP contribution in [0.3, 0.4) is 0 Å². The van der Waals surface area contributed by atoms with Crippen LogP contribution in [-0.4, -0.2) is 19.9 Å². The van der Waals surface area contributed by atoms with Crippen LogP contribution in [-0.2, 0) is 0 Å². The van der Waals surface area contributed by atoms with Gasteiger partial charge in [-0.25, -0.2) is 4.99 Å². The molecule has 0 atom stereocenters. The summed E-state index contributed by atoms with van der Waals surface area (Å²) in [7, 11) is 1.86. The molecule has 1 aliphatic heterocycles. The van der Waals surface area contributed by atoms with Gasteiger partial charge in [-0.2, -0.15) is 0 Å². The fraction of sp³-hybridized carbons (Fsp3) is 0.400. The van der Waals surface area contributed by atoms with Gasteiger partial charge in [-0.05, 0) is 6.08 Å². The van der Waals surface area contributed by atoms with E-state index in [1.807, 2.05) is 13.1 Å². The van der Waals surface area contributed by atoms with Crippen molar-refractivity contribution in [3.05, 3.63) is 11.9 Å². The fourth-order valence-corrected chi connectivity index (χ4v) is 0.543. The molecule has 0 aromatic carbocycles. The number of hydrogen-bond donors (Lipinski definition) is 2. The largest absolute Gasteiger partial charge is 0.373 e. The van der Waals surface area contributed by atoms with Crippen LogP contribution >= 0.6 is 0 Å². The lowest BCUT2D eigenvalue weighted by molar-refractivity contribution is 0.903. The van der Waals surface area contributed by atoms with Gasteiger partial charge >= 0.3 is 0 Å². The van der Waals surface area contributed by atoms with Crippen molar-refractivity contribution in [3.63, 3.8) is 0 Å². The van der Waals surface area contributed by atoms with Crippen molar-refractivity contribution >= 4 is 6.34 Å². The minimum absolute atomic E-state index is 0.875. The highest BCUT2D eigenvalue weighted by atomic mass is 15.1. The topological polar surface area (TPSA) is 36.4 Å². The Morgan fingerprint density at radius 3 is 3.12 bits per heavy atom. The molecule has 8 heavy (non-hydrogen) atoms. The minimum Gasteiger partial charge on any atom is -0.373 e. The van der Waals surface area contributed by atoms with Crippen molar-refractivity contribution < 1.29 is 0 Å². The third kappa shape index (κ3) is 0.992. The highest BCUT2D eigenvalue weighted by Gasteiger charge is 1.89. The lowest BCUT2D eigenvalue weighted by Crippen LogP contribution is -2.18. The van der Waals surface area contributed by atoms with Gasteiger partial charge < -0.3 is 10.6 Å². The molecule has 44 valence electrons. The zero-order valence-corrected chi connectivity index (χ0v) is 4.81. The molecular formula is C5H9N3. The molecule has 0 saturated heterocycles. The van der Waals surface area contributed by atoms with Crippen LogP contribution in [0.15, 0.2) is 16.9 Å². The number of hydrogen-bond acceptors (Lipinski definition) is 3. The molecule has 3 heteroatoms. The Hall–Kier alpha value is -0.990. The van der Waals surface area contributed by atoms with Gasteiger partial charge in [-0.1, -0.05) is 0 Å². The smallest absolute Gasteiger partial charge is 0.125 e. The third-order valence-electron chi connectivity index (χ3n) is 0.964. The Labute approximate surface area is 48.5 Å². The van der Waals surface area contributed by atoms with E-state index in [4.69, 9.17) is 0 Å². The first-order chi connectivity index (χ1) is 3.93. The summed E-state index contributed by atoms with van der Waals surface area (Å²) < 4.78 is 0. The molecule has 0 fully saturated rings. The molecule has 0 spiro atoms. The molecule has 0 unspecified atom stereocenters. The molecule has 1 rings (SSSR count). The zero-order valence-electron chi connectivity index (χ0n) is 4.81. The SMILES string of the molecule is CNC1=CCNC=N1. The molecule has 0 aromatic heterocycles. The molecule has 1 aliphatic rings. The van der Waals surface area contributed by atoms with Crippen molar-refractivity contribution in [2.45, 2.75) is 0 Å².